The quantitative estimate of drug-likeness (QED) is 0.321. The molecular formula is C23H46O3Si. The molecule has 27 heavy (non-hydrogen) atoms. The Kier molecular flexibility index (Phi) is 9.25. The first kappa shape index (κ1) is 24.9. The molecule has 7 atom stereocenters. The lowest BCUT2D eigenvalue weighted by atomic mass is 9.79. The molecule has 0 radical (unpaired) electrons. The number of ether oxygens (including phenoxy) is 2. The monoisotopic (exact) mass is 398 g/mol. The van der Waals surface area contributed by atoms with E-state index in [1.54, 1.807) is 0 Å². The van der Waals surface area contributed by atoms with Crippen molar-refractivity contribution in [3.8, 4) is 0 Å². The molecule has 3 nitrogen and oxygen atoms in total. The van der Waals surface area contributed by atoms with Crippen LogP contribution in [0.25, 0.3) is 0 Å². The summed E-state index contributed by atoms with van der Waals surface area (Å²) in [6.45, 7) is 24.5. The fourth-order valence-electron chi connectivity index (χ4n) is 4.65. The first-order valence-electron chi connectivity index (χ1n) is 11.0. The van der Waals surface area contributed by atoms with Crippen LogP contribution in [0.3, 0.4) is 0 Å². The molecule has 4 heteroatoms. The van der Waals surface area contributed by atoms with Crippen molar-refractivity contribution in [2.45, 2.75) is 112 Å². The van der Waals surface area contributed by atoms with Gasteiger partial charge in [-0.1, -0.05) is 46.8 Å². The molecule has 1 saturated heterocycles. The predicted octanol–water partition coefficient (Wildman–Crippen LogP) is 6.65. The van der Waals surface area contributed by atoms with Crippen LogP contribution < -0.4 is 0 Å². The van der Waals surface area contributed by atoms with Crippen LogP contribution in [0.2, 0.25) is 19.6 Å². The van der Waals surface area contributed by atoms with Gasteiger partial charge in [-0.2, -0.15) is 0 Å². The van der Waals surface area contributed by atoms with E-state index in [9.17, 15) is 0 Å². The van der Waals surface area contributed by atoms with E-state index >= 15 is 0 Å². The average molecular weight is 399 g/mol. The van der Waals surface area contributed by atoms with Crippen LogP contribution in [0.4, 0.5) is 0 Å². The predicted molar refractivity (Wildman–Crippen MR) is 118 cm³/mol. The van der Waals surface area contributed by atoms with E-state index < -0.39 is 14.1 Å². The van der Waals surface area contributed by atoms with Crippen LogP contribution in [0.15, 0.2) is 12.2 Å². The fraction of sp³-hybridized carbons (Fsp3) is 0.913. The zero-order chi connectivity index (χ0) is 21.0. The van der Waals surface area contributed by atoms with Gasteiger partial charge in [-0.3, -0.25) is 0 Å². The summed E-state index contributed by atoms with van der Waals surface area (Å²) in [4.78, 5) is 0. The second-order valence-electron chi connectivity index (χ2n) is 10.2. The van der Waals surface area contributed by atoms with Crippen LogP contribution in [-0.4, -0.2) is 32.4 Å². The fourth-order valence-corrected chi connectivity index (χ4v) is 5.92. The van der Waals surface area contributed by atoms with E-state index in [1.807, 2.05) is 0 Å². The van der Waals surface area contributed by atoms with Crippen molar-refractivity contribution in [1.29, 1.82) is 0 Å². The van der Waals surface area contributed by atoms with Gasteiger partial charge in [0.25, 0.3) is 0 Å². The number of allylic oxidation sites excluding steroid dienone is 1. The third-order valence-corrected chi connectivity index (χ3v) is 6.71. The summed E-state index contributed by atoms with van der Waals surface area (Å²) >= 11 is 0. The van der Waals surface area contributed by atoms with Crippen molar-refractivity contribution in [2.24, 2.45) is 23.7 Å². The lowest BCUT2D eigenvalue weighted by Gasteiger charge is -2.47. The van der Waals surface area contributed by atoms with Crippen molar-refractivity contribution in [1.82, 2.24) is 0 Å². The Morgan fingerprint density at radius 3 is 2.19 bits per heavy atom. The minimum absolute atomic E-state index is 0.228. The van der Waals surface area contributed by atoms with Crippen LogP contribution in [0.1, 0.15) is 68.2 Å². The molecule has 1 aliphatic heterocycles. The summed E-state index contributed by atoms with van der Waals surface area (Å²) in [5, 5.41) is 0. The Bertz CT molecular complexity index is 469. The SMILES string of the molecule is C/C=C/[C@@H](C)[C@H](O[Si](C)(C)C)[C@H](C)C[C@@H](C)[C@@H]1OC(C)(C)O[C@@H](CC)[C@H]1C. The summed E-state index contributed by atoms with van der Waals surface area (Å²) in [5.41, 5.74) is 0. The van der Waals surface area contributed by atoms with Crippen LogP contribution in [0.5, 0.6) is 0 Å². The molecule has 0 N–H and O–H groups in total. The van der Waals surface area contributed by atoms with E-state index in [0.717, 1.165) is 12.8 Å². The second-order valence-corrected chi connectivity index (χ2v) is 14.6. The molecule has 0 spiro atoms. The Morgan fingerprint density at radius 1 is 1.11 bits per heavy atom. The van der Waals surface area contributed by atoms with Gasteiger partial charge in [-0.05, 0) is 71.0 Å². The smallest absolute Gasteiger partial charge is 0.184 e. The highest BCUT2D eigenvalue weighted by molar-refractivity contribution is 6.69. The van der Waals surface area contributed by atoms with E-state index in [-0.39, 0.29) is 18.3 Å². The molecule has 0 aromatic carbocycles. The van der Waals surface area contributed by atoms with Gasteiger partial charge in [-0.25, -0.2) is 0 Å². The molecule has 1 heterocycles. The van der Waals surface area contributed by atoms with Crippen LogP contribution in [-0.2, 0) is 13.9 Å². The van der Waals surface area contributed by atoms with Gasteiger partial charge in [0, 0.05) is 5.92 Å². The lowest BCUT2D eigenvalue weighted by Crippen LogP contribution is -2.52. The molecule has 0 aromatic rings. The molecule has 1 aliphatic rings. The van der Waals surface area contributed by atoms with Gasteiger partial charge in [-0.15, -0.1) is 0 Å². The Hall–Kier alpha value is -0.163. The standard InChI is InChI=1S/C23H46O3Si/c1-12-14-16(3)21(26-27(9,10)11)17(4)15-18(5)22-19(6)20(13-2)24-23(7,8)25-22/h12,14,16-22H,13,15H2,1-11H3/b14-12+/t16-,17-,18-,19-,20+,21+,22+/m1/s1. The van der Waals surface area contributed by atoms with E-state index in [2.05, 4.69) is 87.2 Å². The molecule has 0 bridgehead atoms. The van der Waals surface area contributed by atoms with Gasteiger partial charge in [0.2, 0.25) is 0 Å². The maximum atomic E-state index is 6.63. The molecular weight excluding hydrogens is 352 g/mol. The molecule has 0 aromatic heterocycles. The Labute approximate surface area is 170 Å². The Morgan fingerprint density at radius 2 is 1.70 bits per heavy atom. The minimum Gasteiger partial charge on any atom is -0.414 e. The maximum absolute atomic E-state index is 6.63. The lowest BCUT2D eigenvalue weighted by molar-refractivity contribution is -0.327. The zero-order valence-corrected chi connectivity index (χ0v) is 20.8. The molecule has 1 rings (SSSR count). The van der Waals surface area contributed by atoms with Crippen molar-refractivity contribution < 1.29 is 13.9 Å². The van der Waals surface area contributed by atoms with E-state index in [4.69, 9.17) is 13.9 Å². The molecule has 0 unspecified atom stereocenters. The summed E-state index contributed by atoms with van der Waals surface area (Å²) in [7, 11) is -1.60. The number of hydrogen-bond donors (Lipinski definition) is 0. The number of hydrogen-bond acceptors (Lipinski definition) is 3. The normalized spacial score (nSPS) is 30.9. The van der Waals surface area contributed by atoms with Gasteiger partial charge >= 0.3 is 0 Å². The minimum atomic E-state index is -1.60. The van der Waals surface area contributed by atoms with Crippen molar-refractivity contribution in [3.05, 3.63) is 12.2 Å². The van der Waals surface area contributed by atoms with Crippen LogP contribution in [0, 0.1) is 23.7 Å². The van der Waals surface area contributed by atoms with Crippen molar-refractivity contribution in [2.75, 3.05) is 0 Å². The summed E-state index contributed by atoms with van der Waals surface area (Å²) in [5.74, 6) is 1.30. The van der Waals surface area contributed by atoms with E-state index in [1.165, 1.54) is 0 Å². The van der Waals surface area contributed by atoms with Gasteiger partial charge < -0.3 is 13.9 Å². The largest absolute Gasteiger partial charge is 0.414 e. The molecule has 0 amide bonds. The third-order valence-electron chi connectivity index (χ3n) is 5.73. The first-order valence-corrected chi connectivity index (χ1v) is 14.4. The molecule has 0 aliphatic carbocycles. The maximum Gasteiger partial charge on any atom is 0.184 e. The van der Waals surface area contributed by atoms with Crippen molar-refractivity contribution >= 4 is 8.32 Å². The summed E-state index contributed by atoms with van der Waals surface area (Å²) in [6.07, 6.45) is 7.35. The zero-order valence-electron chi connectivity index (χ0n) is 19.8. The van der Waals surface area contributed by atoms with Crippen LogP contribution >= 0.6 is 0 Å². The topological polar surface area (TPSA) is 27.7 Å². The van der Waals surface area contributed by atoms with Gasteiger partial charge in [0.1, 0.15) is 0 Å². The van der Waals surface area contributed by atoms with Gasteiger partial charge in [0.05, 0.1) is 18.3 Å². The highest BCUT2D eigenvalue weighted by Crippen LogP contribution is 2.38. The average Bonchev–Trinajstić information content (AvgIpc) is 2.53. The highest BCUT2D eigenvalue weighted by Gasteiger charge is 2.43. The van der Waals surface area contributed by atoms with E-state index in [0.29, 0.717) is 23.7 Å². The third kappa shape index (κ3) is 7.64. The van der Waals surface area contributed by atoms with Crippen molar-refractivity contribution in [3.63, 3.8) is 0 Å². The second kappa shape index (κ2) is 10.0. The molecule has 1 fully saturated rings. The molecule has 0 saturated carbocycles. The van der Waals surface area contributed by atoms with Gasteiger partial charge in [0.15, 0.2) is 14.1 Å². The first-order chi connectivity index (χ1) is 12.3. The summed E-state index contributed by atoms with van der Waals surface area (Å²) < 4.78 is 19.2. The number of rotatable bonds is 9. The summed E-state index contributed by atoms with van der Waals surface area (Å²) in [6, 6.07) is 0. The Balaban J connectivity index is 2.91. The molecule has 160 valence electrons. The highest BCUT2D eigenvalue weighted by atomic mass is 28.4.